The Morgan fingerprint density at radius 2 is 1.29 bits per heavy atom. The number of ether oxygens (including phenoxy) is 3. The highest BCUT2D eigenvalue weighted by Crippen LogP contribution is 2.34. The number of carbonyl (C=O) groups is 4. The monoisotopic (exact) mass is 651 g/mol. The van der Waals surface area contributed by atoms with Crippen LogP contribution in [0.1, 0.15) is 42.2 Å². The molecule has 0 saturated carbocycles. The van der Waals surface area contributed by atoms with Crippen molar-refractivity contribution in [1.82, 2.24) is 0 Å². The van der Waals surface area contributed by atoms with E-state index < -0.39 is 29.7 Å². The molecule has 1 atom stereocenters. The lowest BCUT2D eigenvalue weighted by molar-refractivity contribution is -0.117. The number of amides is 3. The van der Waals surface area contributed by atoms with E-state index in [-0.39, 0.29) is 49.0 Å². The van der Waals surface area contributed by atoms with Crippen LogP contribution >= 0.6 is 0 Å². The molecule has 0 unspecified atom stereocenters. The van der Waals surface area contributed by atoms with Gasteiger partial charge in [0.05, 0.1) is 5.56 Å². The average Bonchev–Trinajstić information content (AvgIpc) is 3.07. The molecule has 0 spiro atoms. The van der Waals surface area contributed by atoms with Crippen LogP contribution in [0.4, 0.5) is 17.1 Å². The largest absolute Gasteiger partial charge is 0.488 e. The Morgan fingerprint density at radius 3 is 1.83 bits per heavy atom. The average molecular weight is 652 g/mol. The molecule has 5 N–H and O–H groups in total. The SMILES string of the molecule is [C-]#[N+]C[C@H](N)C(=O)Nc1ccc(C(=O)Nc2ccc(C(=O)Nc3ccc(C(=O)OCC=C)c(OCC=C)c3C)c(OCC=C)c2C)cc1. The van der Waals surface area contributed by atoms with Crippen LogP contribution in [0, 0.1) is 20.4 Å². The maximum atomic E-state index is 13.6. The zero-order valence-corrected chi connectivity index (χ0v) is 26.8. The fourth-order valence-electron chi connectivity index (χ4n) is 4.37. The highest BCUT2D eigenvalue weighted by Gasteiger charge is 2.23. The minimum atomic E-state index is -0.965. The van der Waals surface area contributed by atoms with Crippen LogP contribution in [0.15, 0.2) is 86.5 Å². The standard InChI is InChI=1S/C36H37N5O7/c1-7-18-46-31-22(4)29(40-33(42)24-10-12-25(13-11-24)39-35(44)28(37)21-38-6)16-14-26(31)34(43)41-30-17-15-27(36(45)48-20-9-3)32(23(30)5)47-19-8-2/h7-17,28H,1-3,18-21,37H2,4-5H3,(H,39,44)(H,40,42)(H,41,43)/t28-/m0/s1. The Balaban J connectivity index is 1.86. The summed E-state index contributed by atoms with van der Waals surface area (Å²) in [4.78, 5) is 54.6. The van der Waals surface area contributed by atoms with Crippen molar-refractivity contribution < 1.29 is 33.4 Å². The third-order valence-electron chi connectivity index (χ3n) is 6.84. The summed E-state index contributed by atoms with van der Waals surface area (Å²) in [7, 11) is 0. The summed E-state index contributed by atoms with van der Waals surface area (Å²) in [6, 6.07) is 11.3. The van der Waals surface area contributed by atoms with Crippen molar-refractivity contribution in [2.45, 2.75) is 19.9 Å². The van der Waals surface area contributed by atoms with Gasteiger partial charge in [0.1, 0.15) is 36.9 Å². The van der Waals surface area contributed by atoms with E-state index in [0.29, 0.717) is 33.8 Å². The van der Waals surface area contributed by atoms with Crippen molar-refractivity contribution in [1.29, 1.82) is 0 Å². The summed E-state index contributed by atoms with van der Waals surface area (Å²) in [5.41, 5.74) is 8.51. The molecule has 0 heterocycles. The number of hydrogen-bond donors (Lipinski definition) is 4. The molecule has 0 aliphatic heterocycles. The first-order valence-electron chi connectivity index (χ1n) is 14.7. The summed E-state index contributed by atoms with van der Waals surface area (Å²) < 4.78 is 16.8. The molecule has 0 aliphatic rings. The lowest BCUT2D eigenvalue weighted by Crippen LogP contribution is -2.37. The van der Waals surface area contributed by atoms with Crippen molar-refractivity contribution in [2.75, 3.05) is 42.3 Å². The van der Waals surface area contributed by atoms with Gasteiger partial charge in [-0.2, -0.15) is 0 Å². The minimum Gasteiger partial charge on any atom is -0.488 e. The number of nitrogens with zero attached hydrogens (tertiary/aromatic N) is 1. The van der Waals surface area contributed by atoms with Crippen molar-refractivity contribution in [3.05, 3.63) is 126 Å². The van der Waals surface area contributed by atoms with Gasteiger partial charge in [-0.15, -0.1) is 0 Å². The van der Waals surface area contributed by atoms with Crippen LogP contribution in [-0.2, 0) is 9.53 Å². The molecule has 0 bridgehead atoms. The third kappa shape index (κ3) is 9.18. The predicted molar refractivity (Wildman–Crippen MR) is 185 cm³/mol. The molecule has 3 aromatic rings. The van der Waals surface area contributed by atoms with Crippen molar-refractivity contribution in [3.63, 3.8) is 0 Å². The van der Waals surface area contributed by atoms with E-state index in [1.807, 2.05) is 0 Å². The van der Waals surface area contributed by atoms with Gasteiger partial charge in [0.2, 0.25) is 12.5 Å². The number of carbonyl (C=O) groups excluding carboxylic acids is 4. The molecule has 0 saturated heterocycles. The molecule has 0 radical (unpaired) electrons. The summed E-state index contributed by atoms with van der Waals surface area (Å²) in [5.74, 6) is -1.61. The number of anilines is 3. The lowest BCUT2D eigenvalue weighted by atomic mass is 10.0. The molecule has 12 heteroatoms. The fraction of sp³-hybridized carbons (Fsp3) is 0.194. The van der Waals surface area contributed by atoms with Gasteiger partial charge in [-0.3, -0.25) is 14.4 Å². The van der Waals surface area contributed by atoms with Crippen molar-refractivity contribution in [2.24, 2.45) is 5.73 Å². The number of hydrogen-bond acceptors (Lipinski definition) is 8. The Kier molecular flexibility index (Phi) is 13.2. The molecule has 0 aromatic heterocycles. The zero-order valence-electron chi connectivity index (χ0n) is 26.8. The first-order chi connectivity index (χ1) is 23.1. The second-order valence-corrected chi connectivity index (χ2v) is 10.2. The maximum absolute atomic E-state index is 13.6. The van der Waals surface area contributed by atoms with Crippen molar-refractivity contribution >= 4 is 40.8 Å². The van der Waals surface area contributed by atoms with Gasteiger partial charge in [-0.1, -0.05) is 38.0 Å². The van der Waals surface area contributed by atoms with Gasteiger partial charge in [0.25, 0.3) is 11.8 Å². The normalized spacial score (nSPS) is 10.8. The fourth-order valence-corrected chi connectivity index (χ4v) is 4.37. The van der Waals surface area contributed by atoms with Gasteiger partial charge < -0.3 is 40.7 Å². The summed E-state index contributed by atoms with van der Waals surface area (Å²) >= 11 is 0. The van der Waals surface area contributed by atoms with E-state index in [4.69, 9.17) is 26.5 Å². The quantitative estimate of drug-likeness (QED) is 0.0901. The molecular weight excluding hydrogens is 614 g/mol. The van der Waals surface area contributed by atoms with Gasteiger partial charge in [-0.25, -0.2) is 11.4 Å². The molecule has 3 amide bonds. The second-order valence-electron chi connectivity index (χ2n) is 10.2. The number of esters is 1. The minimum absolute atomic E-state index is 0.0216. The van der Waals surface area contributed by atoms with E-state index in [2.05, 4.69) is 40.5 Å². The molecule has 3 aromatic carbocycles. The first-order valence-corrected chi connectivity index (χ1v) is 14.7. The topological polar surface area (TPSA) is 162 Å². The van der Waals surface area contributed by atoms with E-state index in [1.165, 1.54) is 42.5 Å². The Morgan fingerprint density at radius 1 is 0.771 bits per heavy atom. The second kappa shape index (κ2) is 17.5. The molecule has 12 nitrogen and oxygen atoms in total. The Labute approximate surface area is 279 Å². The number of benzene rings is 3. The van der Waals surface area contributed by atoms with E-state index in [9.17, 15) is 19.2 Å². The molecule has 248 valence electrons. The number of rotatable bonds is 16. The molecule has 48 heavy (non-hydrogen) atoms. The third-order valence-corrected chi connectivity index (χ3v) is 6.84. The van der Waals surface area contributed by atoms with Crippen LogP contribution < -0.4 is 31.2 Å². The van der Waals surface area contributed by atoms with E-state index >= 15 is 0 Å². The highest BCUT2D eigenvalue weighted by atomic mass is 16.5. The predicted octanol–water partition coefficient (Wildman–Crippen LogP) is 5.47. The molecule has 0 aliphatic carbocycles. The van der Waals surface area contributed by atoms with Crippen LogP contribution in [-0.4, -0.2) is 56.1 Å². The van der Waals surface area contributed by atoms with Crippen LogP contribution in [0.3, 0.4) is 0 Å². The van der Waals surface area contributed by atoms with Gasteiger partial charge >= 0.3 is 5.97 Å². The Hall–Kier alpha value is -6.19. The molecule has 0 fully saturated rings. The summed E-state index contributed by atoms with van der Waals surface area (Å²) in [6.07, 6.45) is 4.51. The van der Waals surface area contributed by atoms with Crippen LogP contribution in [0.5, 0.6) is 11.5 Å². The lowest BCUT2D eigenvalue weighted by Gasteiger charge is -2.19. The summed E-state index contributed by atoms with van der Waals surface area (Å²) in [5, 5.41) is 8.29. The van der Waals surface area contributed by atoms with Gasteiger partial charge in [-0.05, 0) is 62.4 Å². The zero-order chi connectivity index (χ0) is 35.2. The van der Waals surface area contributed by atoms with E-state index in [0.717, 1.165) is 0 Å². The van der Waals surface area contributed by atoms with Gasteiger partial charge in [0, 0.05) is 33.8 Å². The van der Waals surface area contributed by atoms with Crippen LogP contribution in [0.25, 0.3) is 4.85 Å². The first kappa shape index (κ1) is 36.3. The smallest absolute Gasteiger partial charge is 0.342 e. The maximum Gasteiger partial charge on any atom is 0.342 e. The molecular formula is C36H37N5O7. The van der Waals surface area contributed by atoms with Crippen molar-refractivity contribution in [3.8, 4) is 11.5 Å². The van der Waals surface area contributed by atoms with Crippen LogP contribution in [0.2, 0.25) is 0 Å². The number of nitrogens with one attached hydrogen (secondary N) is 3. The van der Waals surface area contributed by atoms with E-state index in [1.54, 1.807) is 38.1 Å². The molecule has 3 rings (SSSR count). The van der Waals surface area contributed by atoms with Gasteiger partial charge in [0.15, 0.2) is 6.04 Å². The Bertz CT molecular complexity index is 1760. The summed E-state index contributed by atoms with van der Waals surface area (Å²) in [6.45, 7) is 21.2. The highest BCUT2D eigenvalue weighted by molar-refractivity contribution is 6.09. The number of nitrogens with two attached hydrogens (primary N) is 1.